The second kappa shape index (κ2) is 24.6. The first-order chi connectivity index (χ1) is 16.1. The molecule has 1 unspecified atom stereocenters. The molecule has 0 aromatic heterocycles. The number of carbonyl (C=O) groups is 1. The van der Waals surface area contributed by atoms with E-state index in [1.54, 1.807) is 0 Å². The fraction of sp³-hybridized carbons (Fsp3) is 0.968. The number of hydrogen-bond donors (Lipinski definition) is 1. The lowest BCUT2D eigenvalue weighted by atomic mass is 9.80. The average Bonchev–Trinajstić information content (AvgIpc) is 2.80. The van der Waals surface area contributed by atoms with Gasteiger partial charge in [-0.1, -0.05) is 168 Å². The van der Waals surface area contributed by atoms with Crippen LogP contribution < -0.4 is 0 Å². The van der Waals surface area contributed by atoms with Gasteiger partial charge in [-0.05, 0) is 19.8 Å². The van der Waals surface area contributed by atoms with Crippen molar-refractivity contribution in [1.29, 1.82) is 0 Å². The molecule has 0 aromatic rings. The van der Waals surface area contributed by atoms with Gasteiger partial charge in [-0.15, -0.1) is 0 Å². The SMILES string of the molecule is CCCCCCCCCCCCCCCCC(C)(CCCCCCCCCCCC)C(=O)O. The van der Waals surface area contributed by atoms with Crippen LogP contribution >= 0.6 is 0 Å². The van der Waals surface area contributed by atoms with E-state index >= 15 is 0 Å². The predicted octanol–water partition coefficient (Wildman–Crippen LogP) is 11.3. The molecule has 0 fully saturated rings. The van der Waals surface area contributed by atoms with Crippen LogP contribution in [0.25, 0.3) is 0 Å². The molecule has 33 heavy (non-hydrogen) atoms. The summed E-state index contributed by atoms with van der Waals surface area (Å²) in [4.78, 5) is 11.9. The monoisotopic (exact) mass is 466 g/mol. The first-order valence-corrected chi connectivity index (χ1v) is 15.3. The van der Waals surface area contributed by atoms with Gasteiger partial charge in [0.05, 0.1) is 5.41 Å². The number of aliphatic carboxylic acids is 1. The van der Waals surface area contributed by atoms with Crippen LogP contribution in [0.2, 0.25) is 0 Å². The van der Waals surface area contributed by atoms with Crippen LogP contribution in [0.3, 0.4) is 0 Å². The normalized spacial score (nSPS) is 13.3. The molecule has 0 aliphatic carbocycles. The zero-order chi connectivity index (χ0) is 24.5. The second-order valence-electron chi connectivity index (χ2n) is 11.1. The summed E-state index contributed by atoms with van der Waals surface area (Å²) in [7, 11) is 0. The van der Waals surface area contributed by atoms with Gasteiger partial charge in [0.2, 0.25) is 0 Å². The molecular weight excluding hydrogens is 404 g/mol. The molecule has 0 saturated heterocycles. The molecule has 0 saturated carbocycles. The minimum atomic E-state index is -0.576. The highest BCUT2D eigenvalue weighted by Gasteiger charge is 2.31. The Morgan fingerprint density at radius 3 is 0.879 bits per heavy atom. The van der Waals surface area contributed by atoms with Crippen molar-refractivity contribution >= 4 is 5.97 Å². The first-order valence-electron chi connectivity index (χ1n) is 15.3. The first kappa shape index (κ1) is 32.5. The van der Waals surface area contributed by atoms with Gasteiger partial charge in [-0.25, -0.2) is 0 Å². The van der Waals surface area contributed by atoms with E-state index in [4.69, 9.17) is 0 Å². The maximum absolute atomic E-state index is 11.9. The molecule has 0 bridgehead atoms. The third kappa shape index (κ3) is 21.7. The van der Waals surface area contributed by atoms with Gasteiger partial charge in [0, 0.05) is 0 Å². The maximum atomic E-state index is 11.9. The Labute approximate surface area is 209 Å². The molecule has 0 aliphatic rings. The summed E-state index contributed by atoms with van der Waals surface area (Å²) in [5.41, 5.74) is -0.503. The van der Waals surface area contributed by atoms with Crippen LogP contribution in [0.5, 0.6) is 0 Å². The summed E-state index contributed by atoms with van der Waals surface area (Å²) < 4.78 is 0. The third-order valence-corrected chi connectivity index (χ3v) is 7.68. The van der Waals surface area contributed by atoms with Gasteiger partial charge in [0.1, 0.15) is 0 Å². The Morgan fingerprint density at radius 1 is 0.455 bits per heavy atom. The van der Waals surface area contributed by atoms with Gasteiger partial charge in [-0.3, -0.25) is 4.79 Å². The summed E-state index contributed by atoms with van der Waals surface area (Å²) in [6.45, 7) is 6.54. The second-order valence-corrected chi connectivity index (χ2v) is 11.1. The Hall–Kier alpha value is -0.530. The van der Waals surface area contributed by atoms with Crippen molar-refractivity contribution in [3.8, 4) is 0 Å². The van der Waals surface area contributed by atoms with Crippen LogP contribution in [0.1, 0.15) is 188 Å². The third-order valence-electron chi connectivity index (χ3n) is 7.68. The topological polar surface area (TPSA) is 37.3 Å². The molecule has 1 N–H and O–H groups in total. The number of carboxylic acid groups (broad SMARTS) is 1. The summed E-state index contributed by atoms with van der Waals surface area (Å²) in [5.74, 6) is -0.576. The van der Waals surface area contributed by atoms with Crippen LogP contribution in [-0.4, -0.2) is 11.1 Å². The molecule has 0 rings (SSSR count). The molecule has 0 heterocycles. The average molecular weight is 467 g/mol. The van der Waals surface area contributed by atoms with Crippen molar-refractivity contribution in [2.75, 3.05) is 0 Å². The number of unbranched alkanes of at least 4 members (excludes halogenated alkanes) is 22. The van der Waals surface area contributed by atoms with Crippen LogP contribution in [0, 0.1) is 5.41 Å². The summed E-state index contributed by atoms with van der Waals surface area (Å²) in [5, 5.41) is 9.78. The van der Waals surface area contributed by atoms with E-state index < -0.39 is 11.4 Å². The fourth-order valence-electron chi connectivity index (χ4n) is 5.05. The largest absolute Gasteiger partial charge is 0.481 e. The van der Waals surface area contributed by atoms with Crippen LogP contribution in [-0.2, 0) is 4.79 Å². The van der Waals surface area contributed by atoms with Gasteiger partial charge in [0.25, 0.3) is 0 Å². The molecule has 0 aromatic carbocycles. The van der Waals surface area contributed by atoms with E-state index in [-0.39, 0.29) is 0 Å². The molecule has 2 nitrogen and oxygen atoms in total. The van der Waals surface area contributed by atoms with E-state index in [2.05, 4.69) is 13.8 Å². The molecule has 2 heteroatoms. The fourth-order valence-corrected chi connectivity index (χ4v) is 5.05. The van der Waals surface area contributed by atoms with Gasteiger partial charge in [-0.2, -0.15) is 0 Å². The Kier molecular flexibility index (Phi) is 24.2. The highest BCUT2D eigenvalue weighted by molar-refractivity contribution is 5.74. The minimum Gasteiger partial charge on any atom is -0.481 e. The van der Waals surface area contributed by atoms with Gasteiger partial charge in [0.15, 0.2) is 0 Å². The zero-order valence-corrected chi connectivity index (χ0v) is 23.2. The van der Waals surface area contributed by atoms with Crippen molar-refractivity contribution in [2.45, 2.75) is 188 Å². The Bertz CT molecular complexity index is 406. The number of rotatable bonds is 27. The van der Waals surface area contributed by atoms with Crippen molar-refractivity contribution in [2.24, 2.45) is 5.41 Å². The molecule has 1 atom stereocenters. The molecule has 0 aliphatic heterocycles. The van der Waals surface area contributed by atoms with Crippen LogP contribution in [0.4, 0.5) is 0 Å². The highest BCUT2D eigenvalue weighted by Crippen LogP contribution is 2.32. The minimum absolute atomic E-state index is 0.503. The standard InChI is InChI=1S/C31H62O2/c1-4-6-8-10-12-14-16-17-18-19-21-23-25-27-29-31(3,30(32)33)28-26-24-22-20-15-13-11-9-7-5-2/h4-29H2,1-3H3,(H,32,33). The smallest absolute Gasteiger partial charge is 0.309 e. The van der Waals surface area contributed by atoms with E-state index in [1.165, 1.54) is 141 Å². The summed E-state index contributed by atoms with van der Waals surface area (Å²) in [6, 6.07) is 0. The van der Waals surface area contributed by atoms with Crippen molar-refractivity contribution in [3.63, 3.8) is 0 Å². The van der Waals surface area contributed by atoms with Crippen molar-refractivity contribution in [3.05, 3.63) is 0 Å². The summed E-state index contributed by atoms with van der Waals surface area (Å²) >= 11 is 0. The molecule has 0 amide bonds. The van der Waals surface area contributed by atoms with Crippen molar-refractivity contribution < 1.29 is 9.90 Å². The number of hydrogen-bond acceptors (Lipinski definition) is 1. The van der Waals surface area contributed by atoms with Crippen molar-refractivity contribution in [1.82, 2.24) is 0 Å². The quantitative estimate of drug-likeness (QED) is 0.122. The summed E-state index contributed by atoms with van der Waals surface area (Å²) in [6.07, 6.45) is 33.8. The lowest BCUT2D eigenvalue weighted by Gasteiger charge is -2.24. The van der Waals surface area contributed by atoms with E-state index in [0.717, 1.165) is 25.7 Å². The van der Waals surface area contributed by atoms with E-state index in [9.17, 15) is 9.90 Å². The lowest BCUT2D eigenvalue weighted by Crippen LogP contribution is -2.27. The molecular formula is C31H62O2. The maximum Gasteiger partial charge on any atom is 0.309 e. The predicted molar refractivity (Wildman–Crippen MR) is 147 cm³/mol. The molecule has 0 radical (unpaired) electrons. The van der Waals surface area contributed by atoms with Gasteiger partial charge >= 0.3 is 5.97 Å². The lowest BCUT2D eigenvalue weighted by molar-refractivity contribution is -0.149. The molecule has 0 spiro atoms. The Morgan fingerprint density at radius 2 is 0.667 bits per heavy atom. The van der Waals surface area contributed by atoms with E-state index in [0.29, 0.717) is 0 Å². The van der Waals surface area contributed by atoms with Gasteiger partial charge < -0.3 is 5.11 Å². The zero-order valence-electron chi connectivity index (χ0n) is 23.2. The highest BCUT2D eigenvalue weighted by atomic mass is 16.4. The van der Waals surface area contributed by atoms with Crippen LogP contribution in [0.15, 0.2) is 0 Å². The Balaban J connectivity index is 3.58. The molecule has 198 valence electrons. The number of carboxylic acids is 1. The van der Waals surface area contributed by atoms with E-state index in [1.807, 2.05) is 6.92 Å².